The average Bonchev–Trinajstić information content (AvgIpc) is 3.07. The quantitative estimate of drug-likeness (QED) is 0.733. The number of imidazole rings is 1. The number of aromatic amines is 1. The maximum absolute atomic E-state index is 5.35. The zero-order chi connectivity index (χ0) is 13.9. The number of pyridine rings is 1. The van der Waals surface area contributed by atoms with Gasteiger partial charge in [0.25, 0.3) is 0 Å². The van der Waals surface area contributed by atoms with Crippen molar-refractivity contribution in [2.24, 2.45) is 0 Å². The van der Waals surface area contributed by atoms with Gasteiger partial charge in [-0.3, -0.25) is 4.68 Å². The van der Waals surface area contributed by atoms with E-state index in [0.29, 0.717) is 10.7 Å². The molecule has 0 unspecified atom stereocenters. The number of nitrogens with one attached hydrogen (secondary N) is 1. The molecule has 3 aromatic heterocycles. The number of methoxy groups -OCH3 is 1. The second kappa shape index (κ2) is 5.46. The molecule has 0 amide bonds. The molecule has 0 aliphatic heterocycles. The molecule has 3 rings (SSSR count). The fourth-order valence-electron chi connectivity index (χ4n) is 2.16. The molecule has 0 fully saturated rings. The summed E-state index contributed by atoms with van der Waals surface area (Å²) < 4.78 is 9.75. The van der Waals surface area contributed by atoms with Crippen LogP contribution in [-0.2, 0) is 13.1 Å². The van der Waals surface area contributed by atoms with Gasteiger partial charge in [-0.15, -0.1) is 0 Å². The zero-order valence-corrected chi connectivity index (χ0v) is 11.9. The van der Waals surface area contributed by atoms with Crippen LogP contribution < -0.4 is 4.74 Å². The number of hydrogen-bond donors (Lipinski definition) is 1. The van der Waals surface area contributed by atoms with Gasteiger partial charge in [-0.05, 0) is 30.8 Å². The van der Waals surface area contributed by atoms with Gasteiger partial charge >= 0.3 is 0 Å². The number of rotatable bonds is 5. The van der Waals surface area contributed by atoms with Crippen LogP contribution in [0.25, 0.3) is 11.2 Å². The lowest BCUT2D eigenvalue weighted by Crippen LogP contribution is -2.05. The Bertz CT molecular complexity index is 759. The summed E-state index contributed by atoms with van der Waals surface area (Å²) in [4.78, 5) is 7.61. The molecule has 0 aliphatic carbocycles. The van der Waals surface area contributed by atoms with Crippen molar-refractivity contribution in [3.8, 4) is 5.88 Å². The van der Waals surface area contributed by atoms with Gasteiger partial charge in [0.1, 0.15) is 0 Å². The Morgan fingerprint density at radius 3 is 3.00 bits per heavy atom. The molecule has 1 N–H and O–H groups in total. The number of H-pyrrole nitrogens is 1. The maximum atomic E-state index is 5.35. The average molecular weight is 289 g/mol. The molecule has 7 heteroatoms. The minimum Gasteiger partial charge on any atom is -0.481 e. The van der Waals surface area contributed by atoms with Crippen molar-refractivity contribution in [2.75, 3.05) is 7.11 Å². The Hall–Kier alpha value is -2.15. The van der Waals surface area contributed by atoms with Crippen LogP contribution in [0.2, 0.25) is 0 Å². The summed E-state index contributed by atoms with van der Waals surface area (Å²) in [5.41, 5.74) is 1.75. The van der Waals surface area contributed by atoms with E-state index in [4.69, 9.17) is 17.0 Å². The third kappa shape index (κ3) is 2.44. The van der Waals surface area contributed by atoms with E-state index >= 15 is 0 Å². The summed E-state index contributed by atoms with van der Waals surface area (Å²) in [6, 6.07) is 5.67. The molecule has 0 aliphatic rings. The first kappa shape index (κ1) is 12.9. The first-order valence-electron chi connectivity index (χ1n) is 6.39. The van der Waals surface area contributed by atoms with Crippen LogP contribution in [0, 0.1) is 4.77 Å². The van der Waals surface area contributed by atoms with Crippen molar-refractivity contribution < 1.29 is 4.74 Å². The lowest BCUT2D eigenvalue weighted by atomic mass is 10.4. The van der Waals surface area contributed by atoms with E-state index in [2.05, 4.69) is 15.1 Å². The van der Waals surface area contributed by atoms with Gasteiger partial charge < -0.3 is 14.3 Å². The molecule has 0 radical (unpaired) electrons. The van der Waals surface area contributed by atoms with E-state index < -0.39 is 0 Å². The minimum absolute atomic E-state index is 0.590. The molecule has 0 bridgehead atoms. The first-order valence-corrected chi connectivity index (χ1v) is 6.80. The maximum Gasteiger partial charge on any atom is 0.215 e. The standard InChI is InChI=1S/C13H15N5OS/c1-19-11-5-4-10-12(16-11)18(13(20)15-10)9-3-8-17-7-2-6-14-17/h2,4-7H,3,8-9H2,1H3,(H,15,20). The number of hydrogen-bond acceptors (Lipinski definition) is 4. The predicted molar refractivity (Wildman–Crippen MR) is 78.3 cm³/mol. The normalized spacial score (nSPS) is 11.1. The third-order valence-electron chi connectivity index (χ3n) is 3.13. The summed E-state index contributed by atoms with van der Waals surface area (Å²) in [6.45, 7) is 1.64. The molecule has 104 valence electrons. The number of aryl methyl sites for hydroxylation is 2. The molecule has 0 saturated carbocycles. The largest absolute Gasteiger partial charge is 0.481 e. The Kier molecular flexibility index (Phi) is 3.51. The molecule has 0 spiro atoms. The van der Waals surface area contributed by atoms with Crippen molar-refractivity contribution in [2.45, 2.75) is 19.5 Å². The molecule has 6 nitrogen and oxygen atoms in total. The first-order chi connectivity index (χ1) is 9.78. The second-order valence-corrected chi connectivity index (χ2v) is 4.82. The van der Waals surface area contributed by atoms with Crippen LogP contribution in [-0.4, -0.2) is 31.4 Å². The number of fused-ring (bicyclic) bond motifs is 1. The summed E-state index contributed by atoms with van der Waals surface area (Å²) in [5, 5.41) is 4.19. The van der Waals surface area contributed by atoms with Crippen molar-refractivity contribution >= 4 is 23.4 Å². The van der Waals surface area contributed by atoms with E-state index in [1.807, 2.05) is 33.6 Å². The Balaban J connectivity index is 1.82. The van der Waals surface area contributed by atoms with E-state index in [-0.39, 0.29) is 0 Å². The van der Waals surface area contributed by atoms with Gasteiger partial charge in [-0.1, -0.05) is 0 Å². The molecule has 0 aromatic carbocycles. The highest BCUT2D eigenvalue weighted by Crippen LogP contribution is 2.16. The van der Waals surface area contributed by atoms with Crippen LogP contribution in [0.3, 0.4) is 0 Å². The van der Waals surface area contributed by atoms with Crippen LogP contribution in [0.5, 0.6) is 5.88 Å². The monoisotopic (exact) mass is 289 g/mol. The van der Waals surface area contributed by atoms with Crippen LogP contribution in [0.4, 0.5) is 0 Å². The molecular formula is C13H15N5OS. The lowest BCUT2D eigenvalue weighted by molar-refractivity contribution is 0.398. The van der Waals surface area contributed by atoms with E-state index in [1.165, 1.54) is 0 Å². The number of aromatic nitrogens is 5. The molecular weight excluding hydrogens is 274 g/mol. The highest BCUT2D eigenvalue weighted by molar-refractivity contribution is 7.71. The summed E-state index contributed by atoms with van der Waals surface area (Å²) in [7, 11) is 1.61. The van der Waals surface area contributed by atoms with Crippen LogP contribution in [0.15, 0.2) is 30.6 Å². The predicted octanol–water partition coefficient (Wildman–Crippen LogP) is 2.39. The fraction of sp³-hybridized carbons (Fsp3) is 0.308. The third-order valence-corrected chi connectivity index (χ3v) is 3.45. The van der Waals surface area contributed by atoms with Crippen molar-refractivity contribution in [3.63, 3.8) is 0 Å². The summed E-state index contributed by atoms with van der Waals surface area (Å²) in [5.74, 6) is 0.590. The number of ether oxygens (including phenoxy) is 1. The summed E-state index contributed by atoms with van der Waals surface area (Å²) in [6.07, 6.45) is 4.67. The Labute approximate surface area is 121 Å². The van der Waals surface area contributed by atoms with Crippen LogP contribution in [0.1, 0.15) is 6.42 Å². The topological polar surface area (TPSA) is 60.7 Å². The molecule has 3 heterocycles. The van der Waals surface area contributed by atoms with Gasteiger partial charge in [-0.2, -0.15) is 10.1 Å². The summed E-state index contributed by atoms with van der Waals surface area (Å²) >= 11 is 5.35. The minimum atomic E-state index is 0.590. The van der Waals surface area contributed by atoms with Gasteiger partial charge in [0.05, 0.1) is 12.6 Å². The Morgan fingerprint density at radius 2 is 2.25 bits per heavy atom. The highest BCUT2D eigenvalue weighted by Gasteiger charge is 2.07. The lowest BCUT2D eigenvalue weighted by Gasteiger charge is -2.05. The molecule has 0 saturated heterocycles. The van der Waals surface area contributed by atoms with E-state index in [0.717, 1.165) is 30.7 Å². The van der Waals surface area contributed by atoms with Crippen molar-refractivity contribution in [3.05, 3.63) is 35.4 Å². The van der Waals surface area contributed by atoms with Gasteiger partial charge in [-0.25, -0.2) is 0 Å². The molecule has 3 aromatic rings. The number of nitrogens with zero attached hydrogens (tertiary/aromatic N) is 4. The SMILES string of the molecule is COc1ccc2[nH]c(=S)n(CCCn3cccn3)c2n1. The van der Waals surface area contributed by atoms with Crippen molar-refractivity contribution in [1.29, 1.82) is 0 Å². The Morgan fingerprint density at radius 1 is 1.35 bits per heavy atom. The zero-order valence-electron chi connectivity index (χ0n) is 11.1. The molecule has 0 atom stereocenters. The second-order valence-electron chi connectivity index (χ2n) is 4.43. The molecule has 20 heavy (non-hydrogen) atoms. The van der Waals surface area contributed by atoms with Gasteiger partial charge in [0.2, 0.25) is 5.88 Å². The highest BCUT2D eigenvalue weighted by atomic mass is 32.1. The van der Waals surface area contributed by atoms with Gasteiger partial charge in [0, 0.05) is 31.5 Å². The van der Waals surface area contributed by atoms with Gasteiger partial charge in [0.15, 0.2) is 10.4 Å². The smallest absolute Gasteiger partial charge is 0.215 e. The van der Waals surface area contributed by atoms with Crippen molar-refractivity contribution in [1.82, 2.24) is 24.3 Å². The fourth-order valence-corrected chi connectivity index (χ4v) is 2.45. The van der Waals surface area contributed by atoms with E-state index in [9.17, 15) is 0 Å². The van der Waals surface area contributed by atoms with Crippen LogP contribution >= 0.6 is 12.2 Å². The van der Waals surface area contributed by atoms with E-state index in [1.54, 1.807) is 13.3 Å².